The van der Waals surface area contributed by atoms with E-state index in [0.29, 0.717) is 16.8 Å². The van der Waals surface area contributed by atoms with Crippen LogP contribution in [0.15, 0.2) is 60.2 Å². The van der Waals surface area contributed by atoms with Crippen molar-refractivity contribution in [3.63, 3.8) is 0 Å². The molecule has 3 fully saturated rings. The maximum atomic E-state index is 14.6. The molecule has 36 heavy (non-hydrogen) atoms. The molecule has 0 bridgehead atoms. The fourth-order valence-electron chi connectivity index (χ4n) is 6.90. The lowest BCUT2D eigenvalue weighted by Crippen LogP contribution is -2.48. The fourth-order valence-corrected chi connectivity index (χ4v) is 6.90. The van der Waals surface area contributed by atoms with Crippen molar-refractivity contribution in [1.82, 2.24) is 5.06 Å². The van der Waals surface area contributed by atoms with Crippen LogP contribution in [0.5, 0.6) is 5.75 Å². The predicted molar refractivity (Wildman–Crippen MR) is 123 cm³/mol. The lowest BCUT2D eigenvalue weighted by molar-refractivity contribution is -0.173. The Kier molecular flexibility index (Phi) is 4.75. The van der Waals surface area contributed by atoms with E-state index >= 15 is 0 Å². The zero-order valence-corrected chi connectivity index (χ0v) is 19.3. The van der Waals surface area contributed by atoms with Gasteiger partial charge >= 0.3 is 0 Å². The minimum atomic E-state index is -1.30. The number of fused-ring (bicyclic) bond motifs is 4. The Hall–Kier alpha value is -3.85. The summed E-state index contributed by atoms with van der Waals surface area (Å²) in [6.07, 6.45) is 2.12. The molecule has 0 unspecified atom stereocenters. The number of imide groups is 2. The molecule has 0 spiro atoms. The summed E-state index contributed by atoms with van der Waals surface area (Å²) >= 11 is 0. The van der Waals surface area contributed by atoms with Crippen molar-refractivity contribution in [2.24, 2.45) is 29.1 Å². The molecule has 0 aromatic heterocycles. The van der Waals surface area contributed by atoms with Crippen molar-refractivity contribution in [3.8, 4) is 5.75 Å². The molecule has 2 aromatic rings. The molecule has 0 radical (unpaired) electrons. The summed E-state index contributed by atoms with van der Waals surface area (Å²) in [5.74, 6) is -7.51. The molecular formula is C27H23FN2O6. The van der Waals surface area contributed by atoms with Gasteiger partial charge in [0.2, 0.25) is 11.8 Å². The molecule has 2 heterocycles. The van der Waals surface area contributed by atoms with Gasteiger partial charge in [-0.1, -0.05) is 35.9 Å². The van der Waals surface area contributed by atoms with E-state index in [1.165, 1.54) is 12.1 Å². The van der Waals surface area contributed by atoms with E-state index in [9.17, 15) is 33.9 Å². The third-order valence-electron chi connectivity index (χ3n) is 8.57. The molecule has 2 aromatic carbocycles. The topological polar surface area (TPSA) is 115 Å². The second kappa shape index (κ2) is 7.57. The number of carbonyl (C=O) groups excluding carboxylic acids is 4. The zero-order chi connectivity index (χ0) is 25.5. The predicted octanol–water partition coefficient (Wildman–Crippen LogP) is 3.15. The van der Waals surface area contributed by atoms with Crippen LogP contribution in [-0.2, 0) is 19.2 Å². The first-order chi connectivity index (χ1) is 17.2. The Morgan fingerprint density at radius 3 is 2.39 bits per heavy atom. The molecule has 2 N–H and O–H groups in total. The number of hydrogen-bond donors (Lipinski definition) is 2. The smallest absolute Gasteiger partial charge is 0.257 e. The highest BCUT2D eigenvalue weighted by molar-refractivity contribution is 6.24. The number of amides is 4. The number of phenols is 1. The number of hydrogen-bond acceptors (Lipinski definition) is 6. The van der Waals surface area contributed by atoms with Gasteiger partial charge in [-0.15, -0.1) is 0 Å². The number of hydroxylamine groups is 2. The van der Waals surface area contributed by atoms with Crippen LogP contribution >= 0.6 is 0 Å². The van der Waals surface area contributed by atoms with Crippen LogP contribution in [0, 0.1) is 34.9 Å². The van der Waals surface area contributed by atoms with E-state index in [0.717, 1.165) is 11.0 Å². The van der Waals surface area contributed by atoms with E-state index in [1.54, 1.807) is 43.3 Å². The van der Waals surface area contributed by atoms with Crippen LogP contribution in [0.25, 0.3) is 0 Å². The molecule has 184 valence electrons. The Bertz CT molecular complexity index is 1370. The van der Waals surface area contributed by atoms with Crippen LogP contribution in [0.2, 0.25) is 0 Å². The number of para-hydroxylation sites is 1. The highest BCUT2D eigenvalue weighted by Crippen LogP contribution is 2.63. The second-order valence-corrected chi connectivity index (χ2v) is 10.2. The number of phenolic OH excluding ortho intramolecular Hbond substituents is 1. The monoisotopic (exact) mass is 490 g/mol. The van der Waals surface area contributed by atoms with Crippen molar-refractivity contribution in [2.45, 2.75) is 25.7 Å². The average Bonchev–Trinajstić information content (AvgIpc) is 3.21. The van der Waals surface area contributed by atoms with Crippen molar-refractivity contribution in [3.05, 3.63) is 71.6 Å². The molecule has 6 rings (SSSR count). The molecule has 2 aliphatic carbocycles. The molecule has 4 amide bonds. The normalized spacial score (nSPS) is 33.4. The number of benzene rings is 2. The molecule has 8 nitrogen and oxygen atoms in total. The second-order valence-electron chi connectivity index (χ2n) is 10.2. The standard InChI is InChI=1S/C27H23FN2O6/c1-27-18(24(33)29(26(27)35)14-5-3-2-4-6-14)12-17-15(22(27)13-7-10-20(31)19(28)11-13)8-9-16-21(17)25(34)30(36)23(16)32/h2-8,10-11,16-18,21-22,31,36H,9,12H2,1H3/t16-,17+,18-,21-,22-,27+/m0/s1. The maximum absolute atomic E-state index is 14.6. The molecule has 2 saturated heterocycles. The van der Waals surface area contributed by atoms with E-state index < -0.39 is 70.2 Å². The van der Waals surface area contributed by atoms with E-state index in [1.807, 2.05) is 0 Å². The van der Waals surface area contributed by atoms with E-state index in [-0.39, 0.29) is 17.9 Å². The van der Waals surface area contributed by atoms with Crippen molar-refractivity contribution < 1.29 is 33.9 Å². The lowest BCUT2D eigenvalue weighted by atomic mass is 9.51. The van der Waals surface area contributed by atoms with Crippen LogP contribution in [0.3, 0.4) is 0 Å². The largest absolute Gasteiger partial charge is 0.505 e. The SMILES string of the molecule is C[C@@]12C(=O)N(c3ccccc3)C(=O)[C@@H]1C[C@@H]1C(=CC[C@@H]3C(=O)N(O)C(=O)[C@@H]31)[C@@H]2c1ccc(O)c(F)c1. The van der Waals surface area contributed by atoms with Gasteiger partial charge in [0.05, 0.1) is 28.9 Å². The summed E-state index contributed by atoms with van der Waals surface area (Å²) in [6.45, 7) is 1.69. The van der Waals surface area contributed by atoms with Gasteiger partial charge in [0, 0.05) is 5.92 Å². The van der Waals surface area contributed by atoms with Gasteiger partial charge < -0.3 is 5.11 Å². The number of halogens is 1. The van der Waals surface area contributed by atoms with Gasteiger partial charge in [-0.05, 0) is 55.5 Å². The van der Waals surface area contributed by atoms with Gasteiger partial charge in [-0.2, -0.15) is 5.06 Å². The minimum Gasteiger partial charge on any atom is -0.505 e. The van der Waals surface area contributed by atoms with Crippen LogP contribution in [0.4, 0.5) is 10.1 Å². The highest BCUT2D eigenvalue weighted by atomic mass is 19.1. The third-order valence-corrected chi connectivity index (χ3v) is 8.57. The number of rotatable bonds is 2. The van der Waals surface area contributed by atoms with E-state index in [2.05, 4.69) is 0 Å². The van der Waals surface area contributed by atoms with Gasteiger partial charge in [0.25, 0.3) is 11.8 Å². The third kappa shape index (κ3) is 2.77. The number of allylic oxidation sites excluding steroid dienone is 2. The van der Waals surface area contributed by atoms with Crippen molar-refractivity contribution in [2.75, 3.05) is 4.90 Å². The first-order valence-electron chi connectivity index (χ1n) is 11.8. The molecular weight excluding hydrogens is 467 g/mol. The molecule has 1 saturated carbocycles. The van der Waals surface area contributed by atoms with Gasteiger partial charge in [0.1, 0.15) is 0 Å². The van der Waals surface area contributed by atoms with Gasteiger partial charge in [-0.25, -0.2) is 9.29 Å². The number of carbonyl (C=O) groups is 4. The van der Waals surface area contributed by atoms with Crippen LogP contribution < -0.4 is 4.90 Å². The Morgan fingerprint density at radius 2 is 1.69 bits per heavy atom. The molecule has 6 atom stereocenters. The van der Waals surface area contributed by atoms with Crippen molar-refractivity contribution in [1.29, 1.82) is 0 Å². The number of anilines is 1. The number of aromatic hydroxyl groups is 1. The maximum Gasteiger partial charge on any atom is 0.257 e. The minimum absolute atomic E-state index is 0.140. The summed E-state index contributed by atoms with van der Waals surface area (Å²) in [5.41, 5.74) is 0.187. The summed E-state index contributed by atoms with van der Waals surface area (Å²) in [7, 11) is 0. The Morgan fingerprint density at radius 1 is 0.972 bits per heavy atom. The fraction of sp³-hybridized carbons (Fsp3) is 0.333. The summed E-state index contributed by atoms with van der Waals surface area (Å²) in [5, 5.41) is 20.0. The summed E-state index contributed by atoms with van der Waals surface area (Å²) in [6, 6.07) is 12.4. The van der Waals surface area contributed by atoms with Crippen LogP contribution in [-0.4, -0.2) is 39.0 Å². The van der Waals surface area contributed by atoms with Gasteiger partial charge in [-0.3, -0.25) is 24.4 Å². The molecule has 9 heteroatoms. The zero-order valence-electron chi connectivity index (χ0n) is 19.3. The van der Waals surface area contributed by atoms with Gasteiger partial charge in [0.15, 0.2) is 11.6 Å². The summed E-state index contributed by atoms with van der Waals surface area (Å²) in [4.78, 5) is 54.4. The molecule has 4 aliphatic rings. The first-order valence-corrected chi connectivity index (χ1v) is 11.8. The van der Waals surface area contributed by atoms with E-state index in [4.69, 9.17) is 0 Å². The average molecular weight is 490 g/mol. The first kappa shape index (κ1) is 22.6. The van der Waals surface area contributed by atoms with Crippen molar-refractivity contribution >= 4 is 29.3 Å². The highest BCUT2D eigenvalue weighted by Gasteiger charge is 2.67. The summed E-state index contributed by atoms with van der Waals surface area (Å²) < 4.78 is 14.6. The van der Waals surface area contributed by atoms with Crippen LogP contribution in [0.1, 0.15) is 31.2 Å². The number of nitrogens with zero attached hydrogens (tertiary/aromatic N) is 2. The molecule has 2 aliphatic heterocycles. The lowest BCUT2D eigenvalue weighted by Gasteiger charge is -2.49. The Labute approximate surface area is 205 Å². The quantitative estimate of drug-likeness (QED) is 0.380. The Balaban J connectivity index is 1.55.